The van der Waals surface area contributed by atoms with Crippen molar-refractivity contribution in [1.82, 2.24) is 9.97 Å². The third-order valence-corrected chi connectivity index (χ3v) is 7.32. The minimum Gasteiger partial charge on any atom is -0.235 e. The van der Waals surface area contributed by atoms with E-state index in [1.54, 1.807) is 0 Å². The molecule has 0 aliphatic carbocycles. The first kappa shape index (κ1) is 15.9. The molecule has 0 N–H and O–H groups in total. The second-order valence-electron chi connectivity index (χ2n) is 5.65. The van der Waals surface area contributed by atoms with Crippen LogP contribution in [0.25, 0.3) is 0 Å². The topological polar surface area (TPSA) is 25.8 Å². The molecule has 2 nitrogen and oxygen atoms in total. The molecule has 2 unspecified atom stereocenters. The molecule has 106 valence electrons. The Morgan fingerprint density at radius 2 is 1.84 bits per heavy atom. The molecule has 1 aliphatic heterocycles. The van der Waals surface area contributed by atoms with Crippen molar-refractivity contribution in [2.75, 3.05) is 11.5 Å². The average Bonchev–Trinajstić information content (AvgIpc) is 2.31. The molecule has 2 atom stereocenters. The number of aromatic nitrogens is 2. The Morgan fingerprint density at radius 1 is 1.21 bits per heavy atom. The van der Waals surface area contributed by atoms with Gasteiger partial charge in [-0.3, -0.25) is 0 Å². The monoisotopic (exact) mass is 380 g/mol. The highest BCUT2D eigenvalue weighted by Crippen LogP contribution is 2.43. The van der Waals surface area contributed by atoms with Crippen molar-refractivity contribution in [1.29, 1.82) is 0 Å². The molecule has 0 aromatic carbocycles. The van der Waals surface area contributed by atoms with Crippen molar-refractivity contribution in [3.8, 4) is 0 Å². The Morgan fingerprint density at radius 3 is 2.42 bits per heavy atom. The highest BCUT2D eigenvalue weighted by atomic mass is 79.9. The van der Waals surface area contributed by atoms with Crippen molar-refractivity contribution in [3.63, 3.8) is 0 Å². The van der Waals surface area contributed by atoms with Crippen LogP contribution in [0.3, 0.4) is 0 Å². The van der Waals surface area contributed by atoms with Gasteiger partial charge < -0.3 is 0 Å². The fraction of sp³-hybridized carbons (Fsp3) is 0.692. The van der Waals surface area contributed by atoms with Crippen molar-refractivity contribution >= 4 is 51.1 Å². The summed E-state index contributed by atoms with van der Waals surface area (Å²) in [5, 5.41) is 1.40. The van der Waals surface area contributed by atoms with E-state index in [0.717, 1.165) is 21.7 Å². The van der Waals surface area contributed by atoms with Crippen molar-refractivity contribution in [2.24, 2.45) is 0 Å². The summed E-state index contributed by atoms with van der Waals surface area (Å²) in [4.78, 5) is 9.30. The van der Waals surface area contributed by atoms with Crippen LogP contribution in [0.5, 0.6) is 0 Å². The molecule has 0 amide bonds. The Hall–Kier alpha value is 0.550. The molecule has 1 aromatic heterocycles. The summed E-state index contributed by atoms with van der Waals surface area (Å²) >= 11 is 13.7. The summed E-state index contributed by atoms with van der Waals surface area (Å²) in [5.74, 6) is 3.24. The zero-order chi connectivity index (χ0) is 14.2. The lowest BCUT2D eigenvalue weighted by molar-refractivity contribution is 0.557. The van der Waals surface area contributed by atoms with Crippen molar-refractivity contribution < 1.29 is 0 Å². The fourth-order valence-electron chi connectivity index (χ4n) is 1.98. The maximum Gasteiger partial charge on any atom is 0.147 e. The molecule has 0 saturated carbocycles. The van der Waals surface area contributed by atoms with E-state index in [1.165, 1.54) is 5.75 Å². The highest BCUT2D eigenvalue weighted by Gasteiger charge is 2.30. The van der Waals surface area contributed by atoms with Crippen LogP contribution >= 0.6 is 51.1 Å². The summed E-state index contributed by atoms with van der Waals surface area (Å²) in [6, 6.07) is 0. The van der Waals surface area contributed by atoms with Gasteiger partial charge in [0.2, 0.25) is 0 Å². The van der Waals surface area contributed by atoms with Gasteiger partial charge in [-0.25, -0.2) is 9.97 Å². The van der Waals surface area contributed by atoms with Crippen LogP contribution in [0.15, 0.2) is 4.47 Å². The zero-order valence-electron chi connectivity index (χ0n) is 11.5. The van der Waals surface area contributed by atoms with Gasteiger partial charge in [-0.2, -0.15) is 11.8 Å². The summed E-state index contributed by atoms with van der Waals surface area (Å²) in [6.45, 7) is 8.68. The molecule has 6 heteroatoms. The van der Waals surface area contributed by atoms with E-state index in [1.807, 2.05) is 23.5 Å². The van der Waals surface area contributed by atoms with E-state index in [4.69, 9.17) is 16.6 Å². The van der Waals surface area contributed by atoms with Crippen LogP contribution in [-0.2, 0) is 5.41 Å². The molecule has 0 radical (unpaired) electrons. The SMILES string of the molecule is CC1SCCSC1c1nc(Cl)c(Br)c(C(C)(C)C)n1. The smallest absolute Gasteiger partial charge is 0.147 e. The lowest BCUT2D eigenvalue weighted by Crippen LogP contribution is -2.22. The van der Waals surface area contributed by atoms with E-state index in [0.29, 0.717) is 15.7 Å². The van der Waals surface area contributed by atoms with E-state index >= 15 is 0 Å². The van der Waals surface area contributed by atoms with E-state index in [9.17, 15) is 0 Å². The standard InChI is InChI=1S/C13H18BrClN2S2/c1-7-9(19-6-5-18-7)12-16-10(13(2,3)4)8(14)11(15)17-12/h7,9H,5-6H2,1-4H3. The molecule has 0 spiro atoms. The van der Waals surface area contributed by atoms with Crippen LogP contribution in [0.1, 0.15) is 44.5 Å². The molecule has 1 fully saturated rings. The van der Waals surface area contributed by atoms with Crippen molar-refractivity contribution in [3.05, 3.63) is 21.1 Å². The molecule has 19 heavy (non-hydrogen) atoms. The number of nitrogens with zero attached hydrogens (tertiary/aromatic N) is 2. The van der Waals surface area contributed by atoms with Gasteiger partial charge in [0.1, 0.15) is 11.0 Å². The first-order chi connectivity index (χ1) is 8.80. The van der Waals surface area contributed by atoms with Gasteiger partial charge in [0.15, 0.2) is 0 Å². The largest absolute Gasteiger partial charge is 0.235 e. The third kappa shape index (κ3) is 3.60. The quantitative estimate of drug-likeness (QED) is 0.632. The molecule has 1 aliphatic rings. The number of hydrogen-bond acceptors (Lipinski definition) is 4. The van der Waals surface area contributed by atoms with Gasteiger partial charge in [-0.1, -0.05) is 39.3 Å². The Bertz CT molecular complexity index is 476. The Kier molecular flexibility index (Phi) is 5.13. The number of rotatable bonds is 1. The molecule has 1 saturated heterocycles. The van der Waals surface area contributed by atoms with E-state index in [2.05, 4.69) is 48.6 Å². The molecular formula is C13H18BrClN2S2. The van der Waals surface area contributed by atoms with Crippen LogP contribution in [-0.4, -0.2) is 26.7 Å². The van der Waals surface area contributed by atoms with Crippen molar-refractivity contribution in [2.45, 2.75) is 43.6 Å². The zero-order valence-corrected chi connectivity index (χ0v) is 15.5. The van der Waals surface area contributed by atoms with Gasteiger partial charge in [-0.15, -0.1) is 11.8 Å². The van der Waals surface area contributed by atoms with E-state index < -0.39 is 0 Å². The molecular weight excluding hydrogens is 364 g/mol. The predicted octanol–water partition coefficient (Wildman–Crippen LogP) is 5.10. The normalized spacial score (nSPS) is 24.5. The van der Waals surface area contributed by atoms with Gasteiger partial charge >= 0.3 is 0 Å². The van der Waals surface area contributed by atoms with Gasteiger partial charge in [-0.05, 0) is 15.9 Å². The first-order valence-corrected chi connectivity index (χ1v) is 9.54. The van der Waals surface area contributed by atoms with Gasteiger partial charge in [0, 0.05) is 22.2 Å². The third-order valence-electron chi connectivity index (χ3n) is 2.98. The number of hydrogen-bond donors (Lipinski definition) is 0. The Balaban J connectivity index is 2.44. The highest BCUT2D eigenvalue weighted by molar-refractivity contribution is 9.10. The summed E-state index contributed by atoms with van der Waals surface area (Å²) < 4.78 is 0.825. The number of halogens is 2. The average molecular weight is 382 g/mol. The van der Waals surface area contributed by atoms with Gasteiger partial charge in [0.25, 0.3) is 0 Å². The van der Waals surface area contributed by atoms with Gasteiger partial charge in [0.05, 0.1) is 15.4 Å². The maximum absolute atomic E-state index is 6.28. The lowest BCUT2D eigenvalue weighted by atomic mass is 9.92. The molecule has 2 rings (SSSR count). The molecule has 1 aromatic rings. The molecule has 0 bridgehead atoms. The second kappa shape index (κ2) is 6.12. The Labute approximate surface area is 137 Å². The summed E-state index contributed by atoms with van der Waals surface area (Å²) in [5.41, 5.74) is 0.946. The maximum atomic E-state index is 6.28. The summed E-state index contributed by atoms with van der Waals surface area (Å²) in [7, 11) is 0. The van der Waals surface area contributed by atoms with Crippen LogP contribution < -0.4 is 0 Å². The first-order valence-electron chi connectivity index (χ1n) is 6.27. The minimum atomic E-state index is -0.0458. The van der Waals surface area contributed by atoms with Crippen LogP contribution in [0.4, 0.5) is 0 Å². The molecule has 2 heterocycles. The summed E-state index contributed by atoms with van der Waals surface area (Å²) in [6.07, 6.45) is 0. The lowest BCUT2D eigenvalue weighted by Gasteiger charge is -2.28. The van der Waals surface area contributed by atoms with Crippen LogP contribution in [0.2, 0.25) is 5.15 Å². The number of thioether (sulfide) groups is 2. The fourth-order valence-corrected chi connectivity index (χ4v) is 5.61. The minimum absolute atomic E-state index is 0.0458. The predicted molar refractivity (Wildman–Crippen MR) is 90.6 cm³/mol. The second-order valence-corrected chi connectivity index (χ2v) is 9.54. The van der Waals surface area contributed by atoms with E-state index in [-0.39, 0.29) is 5.41 Å². The van der Waals surface area contributed by atoms with Crippen LogP contribution in [0, 0.1) is 0 Å².